The van der Waals surface area contributed by atoms with Gasteiger partial charge in [0.2, 0.25) is 0 Å². The average Bonchev–Trinajstić information content (AvgIpc) is 3.16. The molecule has 4 heteroatoms. The molecule has 1 aromatic carbocycles. The highest BCUT2D eigenvalue weighted by molar-refractivity contribution is 5.81. The number of rotatable bonds is 6. The highest BCUT2D eigenvalue weighted by Crippen LogP contribution is 2.23. The van der Waals surface area contributed by atoms with Crippen molar-refractivity contribution in [2.75, 3.05) is 13.7 Å². The van der Waals surface area contributed by atoms with Gasteiger partial charge >= 0.3 is 5.97 Å². The predicted octanol–water partition coefficient (Wildman–Crippen LogP) is 1.70. The van der Waals surface area contributed by atoms with E-state index in [1.807, 2.05) is 30.3 Å². The first-order valence-corrected chi connectivity index (χ1v) is 5.83. The van der Waals surface area contributed by atoms with Gasteiger partial charge in [0.05, 0.1) is 20.3 Å². The highest BCUT2D eigenvalue weighted by Gasteiger charge is 2.36. The third-order valence-corrected chi connectivity index (χ3v) is 2.64. The van der Waals surface area contributed by atoms with Crippen molar-refractivity contribution < 1.29 is 19.0 Å². The van der Waals surface area contributed by atoms with Crippen LogP contribution in [0.15, 0.2) is 42.5 Å². The van der Waals surface area contributed by atoms with Crippen LogP contribution in [0, 0.1) is 0 Å². The molecule has 0 aliphatic carbocycles. The number of hydrogen-bond donors (Lipinski definition) is 0. The van der Waals surface area contributed by atoms with Crippen molar-refractivity contribution in [3.8, 4) is 0 Å². The molecule has 0 N–H and O–H groups in total. The van der Waals surface area contributed by atoms with Crippen LogP contribution in [0.4, 0.5) is 0 Å². The standard InChI is InChI=1S/C14H16O4/c1-16-14(15)8-7-12-13(18-12)10-17-9-11-5-3-2-4-6-11/h2-8,12-13H,9-10H2,1H3/b8-7-/t12-,13-/m0/s1. The van der Waals surface area contributed by atoms with Crippen LogP contribution in [0.2, 0.25) is 0 Å². The van der Waals surface area contributed by atoms with E-state index in [9.17, 15) is 4.79 Å². The molecule has 0 spiro atoms. The van der Waals surface area contributed by atoms with Gasteiger partial charge in [0, 0.05) is 6.08 Å². The Labute approximate surface area is 106 Å². The van der Waals surface area contributed by atoms with Crippen LogP contribution in [-0.4, -0.2) is 31.9 Å². The van der Waals surface area contributed by atoms with Crippen LogP contribution in [0.1, 0.15) is 5.56 Å². The summed E-state index contributed by atoms with van der Waals surface area (Å²) in [6.45, 7) is 1.11. The molecule has 1 fully saturated rings. The maximum Gasteiger partial charge on any atom is 0.330 e. The van der Waals surface area contributed by atoms with Crippen LogP contribution < -0.4 is 0 Å². The molecule has 0 unspecified atom stereocenters. The van der Waals surface area contributed by atoms with Crippen molar-refractivity contribution in [1.29, 1.82) is 0 Å². The Balaban J connectivity index is 1.62. The lowest BCUT2D eigenvalue weighted by atomic mass is 10.2. The van der Waals surface area contributed by atoms with Crippen molar-refractivity contribution in [2.45, 2.75) is 18.8 Å². The van der Waals surface area contributed by atoms with E-state index in [4.69, 9.17) is 9.47 Å². The first-order chi connectivity index (χ1) is 8.79. The summed E-state index contributed by atoms with van der Waals surface area (Å²) in [5.74, 6) is -0.366. The van der Waals surface area contributed by atoms with Gasteiger partial charge in [-0.15, -0.1) is 0 Å². The average molecular weight is 248 g/mol. The molecule has 2 atom stereocenters. The van der Waals surface area contributed by atoms with E-state index in [1.54, 1.807) is 6.08 Å². The number of esters is 1. The Bertz CT molecular complexity index is 413. The van der Waals surface area contributed by atoms with Crippen molar-refractivity contribution in [1.82, 2.24) is 0 Å². The summed E-state index contributed by atoms with van der Waals surface area (Å²) >= 11 is 0. The van der Waals surface area contributed by atoms with Gasteiger partial charge in [-0.1, -0.05) is 30.3 Å². The molecule has 18 heavy (non-hydrogen) atoms. The van der Waals surface area contributed by atoms with E-state index in [0.717, 1.165) is 5.56 Å². The number of methoxy groups -OCH3 is 1. The SMILES string of the molecule is COC(=O)/C=C\[C@@H]1O[C@H]1COCc1ccccc1. The molecule has 0 amide bonds. The van der Waals surface area contributed by atoms with Gasteiger partial charge in [-0.05, 0) is 11.6 Å². The Kier molecular flexibility index (Phi) is 4.50. The Hall–Kier alpha value is -1.65. The molecule has 1 aliphatic heterocycles. The summed E-state index contributed by atoms with van der Waals surface area (Å²) in [6.07, 6.45) is 3.10. The Morgan fingerprint density at radius 1 is 1.39 bits per heavy atom. The van der Waals surface area contributed by atoms with Crippen LogP contribution >= 0.6 is 0 Å². The number of epoxide rings is 1. The van der Waals surface area contributed by atoms with Gasteiger partial charge in [0.1, 0.15) is 12.2 Å². The fourth-order valence-electron chi connectivity index (χ4n) is 1.57. The Morgan fingerprint density at radius 3 is 2.89 bits per heavy atom. The number of carbonyl (C=O) groups is 1. The molecule has 0 aromatic heterocycles. The maximum atomic E-state index is 10.9. The largest absolute Gasteiger partial charge is 0.466 e. The molecule has 0 radical (unpaired) electrons. The summed E-state index contributed by atoms with van der Waals surface area (Å²) < 4.78 is 15.4. The third kappa shape index (κ3) is 3.98. The minimum atomic E-state index is -0.366. The first-order valence-electron chi connectivity index (χ1n) is 5.83. The van der Waals surface area contributed by atoms with Gasteiger partial charge in [-0.25, -0.2) is 4.79 Å². The summed E-state index contributed by atoms with van der Waals surface area (Å²) in [6, 6.07) is 9.97. The topological polar surface area (TPSA) is 48.1 Å². The van der Waals surface area contributed by atoms with Crippen LogP contribution in [0.5, 0.6) is 0 Å². The van der Waals surface area contributed by atoms with Gasteiger partial charge in [-0.3, -0.25) is 0 Å². The molecule has 2 rings (SSSR count). The van der Waals surface area contributed by atoms with Gasteiger partial charge in [0.25, 0.3) is 0 Å². The Morgan fingerprint density at radius 2 is 2.17 bits per heavy atom. The summed E-state index contributed by atoms with van der Waals surface area (Å²) in [5.41, 5.74) is 1.14. The van der Waals surface area contributed by atoms with Crippen LogP contribution in [0.3, 0.4) is 0 Å². The lowest BCUT2D eigenvalue weighted by Gasteiger charge is -2.01. The second-order valence-electron chi connectivity index (χ2n) is 4.02. The lowest BCUT2D eigenvalue weighted by molar-refractivity contribution is -0.134. The van der Waals surface area contributed by atoms with E-state index < -0.39 is 0 Å². The smallest absolute Gasteiger partial charge is 0.330 e. The minimum absolute atomic E-state index is 0.0279. The van der Waals surface area contributed by atoms with E-state index in [1.165, 1.54) is 13.2 Å². The zero-order valence-corrected chi connectivity index (χ0v) is 10.2. The molecule has 96 valence electrons. The summed E-state index contributed by atoms with van der Waals surface area (Å²) in [5, 5.41) is 0. The first kappa shape index (κ1) is 12.8. The molecular formula is C14H16O4. The van der Waals surface area contributed by atoms with Crippen molar-refractivity contribution >= 4 is 5.97 Å². The summed E-state index contributed by atoms with van der Waals surface area (Å²) in [4.78, 5) is 10.9. The highest BCUT2D eigenvalue weighted by atomic mass is 16.6. The molecule has 1 aromatic rings. The zero-order valence-electron chi connectivity index (χ0n) is 10.2. The predicted molar refractivity (Wildman–Crippen MR) is 65.9 cm³/mol. The van der Waals surface area contributed by atoms with E-state index in [2.05, 4.69) is 4.74 Å². The number of benzene rings is 1. The van der Waals surface area contributed by atoms with Gasteiger partial charge in [0.15, 0.2) is 0 Å². The lowest BCUT2D eigenvalue weighted by Crippen LogP contribution is -2.04. The maximum absolute atomic E-state index is 10.9. The fraction of sp³-hybridized carbons (Fsp3) is 0.357. The normalized spacial score (nSPS) is 22.1. The zero-order chi connectivity index (χ0) is 12.8. The molecule has 1 aliphatic rings. The van der Waals surface area contributed by atoms with E-state index >= 15 is 0 Å². The number of carbonyl (C=O) groups excluding carboxylic acids is 1. The van der Waals surface area contributed by atoms with Gasteiger partial charge < -0.3 is 14.2 Å². The van der Waals surface area contributed by atoms with Gasteiger partial charge in [-0.2, -0.15) is 0 Å². The minimum Gasteiger partial charge on any atom is -0.466 e. The van der Waals surface area contributed by atoms with E-state index in [-0.39, 0.29) is 18.2 Å². The fourth-order valence-corrected chi connectivity index (χ4v) is 1.57. The second-order valence-corrected chi connectivity index (χ2v) is 4.02. The second kappa shape index (κ2) is 6.33. The van der Waals surface area contributed by atoms with Crippen molar-refractivity contribution in [3.05, 3.63) is 48.0 Å². The monoisotopic (exact) mass is 248 g/mol. The molecule has 4 nitrogen and oxygen atoms in total. The van der Waals surface area contributed by atoms with Crippen molar-refractivity contribution in [3.63, 3.8) is 0 Å². The number of hydrogen-bond acceptors (Lipinski definition) is 4. The molecule has 1 saturated heterocycles. The number of ether oxygens (including phenoxy) is 3. The molecular weight excluding hydrogens is 232 g/mol. The summed E-state index contributed by atoms with van der Waals surface area (Å²) in [7, 11) is 1.35. The third-order valence-electron chi connectivity index (χ3n) is 2.64. The molecule has 0 saturated carbocycles. The molecule has 1 heterocycles. The van der Waals surface area contributed by atoms with Crippen molar-refractivity contribution in [2.24, 2.45) is 0 Å². The quantitative estimate of drug-likeness (QED) is 0.437. The van der Waals surface area contributed by atoms with Crippen LogP contribution in [-0.2, 0) is 25.6 Å². The molecule has 0 bridgehead atoms. The van der Waals surface area contributed by atoms with Crippen LogP contribution in [0.25, 0.3) is 0 Å². The van der Waals surface area contributed by atoms with E-state index in [0.29, 0.717) is 13.2 Å².